The standard InChI is InChI=1S/C15H32N2O/c1-14(2)7-11-18-12-8-16-15(3)13-17-9-5-4-6-10-17/h14-16H,4-13H2,1-3H3. The van der Waals surface area contributed by atoms with E-state index < -0.39 is 0 Å². The van der Waals surface area contributed by atoms with Gasteiger partial charge in [0.15, 0.2) is 0 Å². The SMILES string of the molecule is CC(C)CCOCCNC(C)CN1CCCCC1. The van der Waals surface area contributed by atoms with Crippen molar-refractivity contribution in [1.29, 1.82) is 0 Å². The van der Waals surface area contributed by atoms with Crippen molar-refractivity contribution in [2.24, 2.45) is 5.92 Å². The second-order valence-electron chi connectivity index (χ2n) is 6.01. The largest absolute Gasteiger partial charge is 0.380 e. The first-order valence-corrected chi connectivity index (χ1v) is 7.72. The molecule has 0 aliphatic carbocycles. The van der Waals surface area contributed by atoms with Gasteiger partial charge in [0.25, 0.3) is 0 Å². The fourth-order valence-corrected chi connectivity index (χ4v) is 2.39. The molecule has 1 fully saturated rings. The van der Waals surface area contributed by atoms with E-state index in [9.17, 15) is 0 Å². The maximum Gasteiger partial charge on any atom is 0.0591 e. The number of hydrogen-bond donors (Lipinski definition) is 1. The van der Waals surface area contributed by atoms with Gasteiger partial charge in [-0.3, -0.25) is 0 Å². The third-order valence-electron chi connectivity index (χ3n) is 3.56. The first-order valence-electron chi connectivity index (χ1n) is 7.72. The van der Waals surface area contributed by atoms with E-state index in [2.05, 4.69) is 31.0 Å². The summed E-state index contributed by atoms with van der Waals surface area (Å²) in [4.78, 5) is 2.58. The fraction of sp³-hybridized carbons (Fsp3) is 1.00. The Balaban J connectivity index is 1.91. The summed E-state index contributed by atoms with van der Waals surface area (Å²) in [6.07, 6.45) is 5.35. The highest BCUT2D eigenvalue weighted by Gasteiger charge is 2.12. The van der Waals surface area contributed by atoms with Crippen LogP contribution >= 0.6 is 0 Å². The molecular formula is C15H32N2O. The van der Waals surface area contributed by atoms with Crippen LogP contribution in [0.25, 0.3) is 0 Å². The molecule has 1 aliphatic heterocycles. The fourth-order valence-electron chi connectivity index (χ4n) is 2.39. The highest BCUT2D eigenvalue weighted by molar-refractivity contribution is 4.70. The number of hydrogen-bond acceptors (Lipinski definition) is 3. The van der Waals surface area contributed by atoms with Gasteiger partial charge in [0.2, 0.25) is 0 Å². The normalized spacial score (nSPS) is 19.3. The van der Waals surface area contributed by atoms with Crippen LogP contribution < -0.4 is 5.32 Å². The monoisotopic (exact) mass is 256 g/mol. The van der Waals surface area contributed by atoms with Crippen molar-refractivity contribution in [2.75, 3.05) is 39.4 Å². The molecule has 0 aromatic rings. The minimum absolute atomic E-state index is 0.580. The first-order chi connectivity index (χ1) is 8.68. The number of rotatable bonds is 9. The number of nitrogens with zero attached hydrogens (tertiary/aromatic N) is 1. The minimum Gasteiger partial charge on any atom is -0.380 e. The van der Waals surface area contributed by atoms with E-state index in [0.717, 1.165) is 25.7 Å². The van der Waals surface area contributed by atoms with Crippen molar-refractivity contribution in [3.63, 3.8) is 0 Å². The summed E-state index contributed by atoms with van der Waals surface area (Å²) in [6.45, 7) is 13.2. The molecule has 3 heteroatoms. The lowest BCUT2D eigenvalue weighted by Crippen LogP contribution is -2.42. The molecule has 0 saturated carbocycles. The second kappa shape index (κ2) is 9.76. The predicted molar refractivity (Wildman–Crippen MR) is 78.0 cm³/mol. The Labute approximate surface area is 113 Å². The molecule has 0 aromatic heterocycles. The summed E-state index contributed by atoms with van der Waals surface area (Å²) >= 11 is 0. The van der Waals surface area contributed by atoms with Crippen molar-refractivity contribution < 1.29 is 4.74 Å². The molecule has 0 bridgehead atoms. The summed E-state index contributed by atoms with van der Waals surface area (Å²) in [7, 11) is 0. The molecule has 0 radical (unpaired) electrons. The number of ether oxygens (including phenoxy) is 1. The van der Waals surface area contributed by atoms with Crippen LogP contribution in [0, 0.1) is 5.92 Å². The van der Waals surface area contributed by atoms with Gasteiger partial charge in [0.1, 0.15) is 0 Å². The van der Waals surface area contributed by atoms with Crippen LogP contribution in [0.15, 0.2) is 0 Å². The second-order valence-corrected chi connectivity index (χ2v) is 6.01. The molecular weight excluding hydrogens is 224 g/mol. The number of likely N-dealkylation sites (tertiary alicyclic amines) is 1. The molecule has 0 amide bonds. The molecule has 1 rings (SSSR count). The molecule has 108 valence electrons. The zero-order valence-electron chi connectivity index (χ0n) is 12.6. The molecule has 18 heavy (non-hydrogen) atoms. The van der Waals surface area contributed by atoms with Gasteiger partial charge in [-0.05, 0) is 45.2 Å². The van der Waals surface area contributed by atoms with E-state index in [0.29, 0.717) is 6.04 Å². The van der Waals surface area contributed by atoms with Gasteiger partial charge in [0.05, 0.1) is 6.61 Å². The quantitative estimate of drug-likeness (QED) is 0.642. The molecule has 1 N–H and O–H groups in total. The Kier molecular flexibility index (Phi) is 8.64. The molecule has 1 atom stereocenters. The van der Waals surface area contributed by atoms with Crippen LogP contribution in [0.4, 0.5) is 0 Å². The number of nitrogens with one attached hydrogen (secondary N) is 1. The van der Waals surface area contributed by atoms with Gasteiger partial charge in [-0.15, -0.1) is 0 Å². The number of piperidine rings is 1. The lowest BCUT2D eigenvalue weighted by molar-refractivity contribution is 0.121. The first kappa shape index (κ1) is 15.9. The maximum atomic E-state index is 5.61. The highest BCUT2D eigenvalue weighted by atomic mass is 16.5. The Morgan fingerprint density at radius 2 is 1.78 bits per heavy atom. The third-order valence-corrected chi connectivity index (χ3v) is 3.56. The lowest BCUT2D eigenvalue weighted by atomic mass is 10.1. The van der Waals surface area contributed by atoms with Crippen molar-refractivity contribution in [3.8, 4) is 0 Å². The van der Waals surface area contributed by atoms with Crippen LogP contribution in [-0.4, -0.2) is 50.3 Å². The summed E-state index contributed by atoms with van der Waals surface area (Å²) in [5.74, 6) is 0.746. The van der Waals surface area contributed by atoms with E-state index in [-0.39, 0.29) is 0 Å². The average molecular weight is 256 g/mol. The predicted octanol–water partition coefficient (Wildman–Crippen LogP) is 2.51. The smallest absolute Gasteiger partial charge is 0.0591 e. The van der Waals surface area contributed by atoms with E-state index in [4.69, 9.17) is 4.74 Å². The van der Waals surface area contributed by atoms with Crippen molar-refractivity contribution in [1.82, 2.24) is 10.2 Å². The van der Waals surface area contributed by atoms with Crippen molar-refractivity contribution in [3.05, 3.63) is 0 Å². The Morgan fingerprint density at radius 1 is 1.06 bits per heavy atom. The van der Waals surface area contributed by atoms with Crippen LogP contribution in [0.1, 0.15) is 46.5 Å². The van der Waals surface area contributed by atoms with Crippen LogP contribution in [-0.2, 0) is 4.74 Å². The van der Waals surface area contributed by atoms with E-state index in [1.807, 2.05) is 0 Å². The molecule has 3 nitrogen and oxygen atoms in total. The Hall–Kier alpha value is -0.120. The summed E-state index contributed by atoms with van der Waals surface area (Å²) in [5.41, 5.74) is 0. The lowest BCUT2D eigenvalue weighted by Gasteiger charge is -2.29. The minimum atomic E-state index is 0.580. The third kappa shape index (κ3) is 8.06. The summed E-state index contributed by atoms with van der Waals surface area (Å²) < 4.78 is 5.61. The van der Waals surface area contributed by atoms with Crippen LogP contribution in [0.3, 0.4) is 0 Å². The van der Waals surface area contributed by atoms with E-state index in [1.165, 1.54) is 45.3 Å². The van der Waals surface area contributed by atoms with Gasteiger partial charge in [-0.25, -0.2) is 0 Å². The average Bonchev–Trinajstić information content (AvgIpc) is 2.34. The topological polar surface area (TPSA) is 24.5 Å². The van der Waals surface area contributed by atoms with Gasteiger partial charge < -0.3 is 15.0 Å². The Morgan fingerprint density at radius 3 is 2.44 bits per heavy atom. The Bertz CT molecular complexity index is 191. The van der Waals surface area contributed by atoms with Gasteiger partial charge in [-0.1, -0.05) is 20.3 Å². The summed E-state index contributed by atoms with van der Waals surface area (Å²) in [5, 5.41) is 3.55. The van der Waals surface area contributed by atoms with Gasteiger partial charge >= 0.3 is 0 Å². The van der Waals surface area contributed by atoms with Gasteiger partial charge in [0, 0.05) is 25.7 Å². The van der Waals surface area contributed by atoms with E-state index >= 15 is 0 Å². The summed E-state index contributed by atoms with van der Waals surface area (Å²) in [6, 6.07) is 0.580. The molecule has 1 aliphatic rings. The molecule has 0 spiro atoms. The molecule has 1 saturated heterocycles. The molecule has 1 unspecified atom stereocenters. The van der Waals surface area contributed by atoms with Gasteiger partial charge in [-0.2, -0.15) is 0 Å². The molecule has 0 aromatic carbocycles. The van der Waals surface area contributed by atoms with Crippen molar-refractivity contribution >= 4 is 0 Å². The molecule has 1 heterocycles. The van der Waals surface area contributed by atoms with Crippen molar-refractivity contribution in [2.45, 2.75) is 52.5 Å². The highest BCUT2D eigenvalue weighted by Crippen LogP contribution is 2.08. The maximum absolute atomic E-state index is 5.61. The van der Waals surface area contributed by atoms with Crippen LogP contribution in [0.2, 0.25) is 0 Å². The van der Waals surface area contributed by atoms with Crippen LogP contribution in [0.5, 0.6) is 0 Å². The zero-order valence-corrected chi connectivity index (χ0v) is 12.6. The van der Waals surface area contributed by atoms with E-state index in [1.54, 1.807) is 0 Å². The zero-order chi connectivity index (χ0) is 13.2.